The van der Waals surface area contributed by atoms with Crippen LogP contribution in [-0.2, 0) is 33.6 Å². The van der Waals surface area contributed by atoms with Crippen LogP contribution in [0.2, 0.25) is 0 Å². The van der Waals surface area contributed by atoms with E-state index in [1.54, 1.807) is 24.3 Å². The summed E-state index contributed by atoms with van der Waals surface area (Å²) < 4.78 is 0. The van der Waals surface area contributed by atoms with Crippen molar-refractivity contribution in [1.82, 2.24) is 31.1 Å². The van der Waals surface area contributed by atoms with Crippen molar-refractivity contribution in [2.75, 3.05) is 39.3 Å². The molecule has 0 saturated heterocycles. The van der Waals surface area contributed by atoms with Crippen molar-refractivity contribution in [2.45, 2.75) is 109 Å². The molecule has 0 radical (unpaired) electrons. The van der Waals surface area contributed by atoms with Gasteiger partial charge in [-0.05, 0) is 63.4 Å². The maximum absolute atomic E-state index is 12.4. The highest BCUT2D eigenvalue weighted by Crippen LogP contribution is 2.23. The second-order valence-electron chi connectivity index (χ2n) is 12.8. The summed E-state index contributed by atoms with van der Waals surface area (Å²) in [6.45, 7) is 2.77. The molecule has 0 aliphatic heterocycles. The van der Waals surface area contributed by atoms with E-state index >= 15 is 0 Å². The Morgan fingerprint density at radius 3 is 1.38 bits per heavy atom. The Balaban J connectivity index is 2.05. The van der Waals surface area contributed by atoms with Gasteiger partial charge in [-0.3, -0.25) is 49.2 Å². The van der Waals surface area contributed by atoms with Crippen LogP contribution in [0, 0.1) is 0 Å². The van der Waals surface area contributed by atoms with Crippen molar-refractivity contribution < 1.29 is 54.3 Å². The monoisotopic (exact) mass is 750 g/mol. The topological polar surface area (TPSA) is 246 Å². The molecule has 17 nitrogen and oxygen atoms in total. The fraction of sp³-hybridized carbons (Fsp3) is 0.639. The summed E-state index contributed by atoms with van der Waals surface area (Å²) in [5, 5.41) is 48.4. The smallest absolute Gasteiger partial charge is 0.303 e. The molecule has 0 saturated carbocycles. The van der Waals surface area contributed by atoms with Crippen LogP contribution in [0.3, 0.4) is 0 Å². The normalized spacial score (nSPS) is 11.2. The number of carbonyl (C=O) groups excluding carboxylic acids is 6. The Bertz CT molecular complexity index is 1280. The molecule has 0 spiro atoms. The van der Waals surface area contributed by atoms with Gasteiger partial charge in [0.05, 0.1) is 6.42 Å². The van der Waals surface area contributed by atoms with Crippen molar-refractivity contribution in [2.24, 2.45) is 0 Å². The molecule has 1 aromatic rings. The molecule has 0 aliphatic rings. The van der Waals surface area contributed by atoms with Crippen LogP contribution in [0.4, 0.5) is 0 Å². The lowest BCUT2D eigenvalue weighted by Crippen LogP contribution is -2.31. The van der Waals surface area contributed by atoms with Crippen LogP contribution >= 0.6 is 0 Å². The molecule has 0 aromatic heterocycles. The molecule has 0 aliphatic carbocycles. The highest BCUT2D eigenvalue weighted by molar-refractivity contribution is 5.84. The largest absolute Gasteiger partial charge is 0.481 e. The zero-order valence-electron chi connectivity index (χ0n) is 30.8. The third kappa shape index (κ3) is 23.5. The third-order valence-electron chi connectivity index (χ3n) is 8.30. The third-order valence-corrected chi connectivity index (χ3v) is 8.30. The first-order valence-corrected chi connectivity index (χ1v) is 18.3. The summed E-state index contributed by atoms with van der Waals surface area (Å²) in [5.41, 5.74) is 0.788. The van der Waals surface area contributed by atoms with Gasteiger partial charge in [0.1, 0.15) is 0 Å². The molecule has 17 heteroatoms. The number of rotatable bonds is 29. The Hall–Kier alpha value is -4.61. The number of benzene rings is 1. The summed E-state index contributed by atoms with van der Waals surface area (Å²) in [5.74, 6) is -3.90. The minimum Gasteiger partial charge on any atom is -0.481 e. The molecular weight excluding hydrogens is 692 g/mol. The molecule has 0 bridgehead atoms. The molecular formula is C36H58N6O11. The number of nitrogens with one attached hydrogen (secondary N) is 3. The first-order valence-electron chi connectivity index (χ1n) is 18.3. The van der Waals surface area contributed by atoms with E-state index in [-0.39, 0.29) is 75.9 Å². The highest BCUT2D eigenvalue weighted by atomic mass is 16.5. The second kappa shape index (κ2) is 28.0. The van der Waals surface area contributed by atoms with E-state index in [2.05, 4.69) is 16.0 Å². The van der Waals surface area contributed by atoms with Gasteiger partial charge >= 0.3 is 5.97 Å². The van der Waals surface area contributed by atoms with E-state index in [1.165, 1.54) is 6.92 Å². The van der Waals surface area contributed by atoms with Crippen molar-refractivity contribution in [3.8, 4) is 0 Å². The van der Waals surface area contributed by atoms with Gasteiger partial charge in [0, 0.05) is 84.2 Å². The number of nitrogens with zero attached hydrogens (tertiary/aromatic N) is 3. The summed E-state index contributed by atoms with van der Waals surface area (Å²) in [6, 6.07) is 9.02. The van der Waals surface area contributed by atoms with Gasteiger partial charge in [-0.1, -0.05) is 30.3 Å². The van der Waals surface area contributed by atoms with Crippen molar-refractivity contribution in [3.05, 3.63) is 35.9 Å². The van der Waals surface area contributed by atoms with Crippen LogP contribution in [0.15, 0.2) is 30.3 Å². The van der Waals surface area contributed by atoms with Crippen LogP contribution < -0.4 is 16.0 Å². The molecule has 0 heterocycles. The van der Waals surface area contributed by atoms with E-state index in [4.69, 9.17) is 0 Å². The van der Waals surface area contributed by atoms with Gasteiger partial charge in [-0.25, -0.2) is 15.2 Å². The second-order valence-corrected chi connectivity index (χ2v) is 12.8. The number of hydrogen-bond acceptors (Lipinski definition) is 10. The predicted molar refractivity (Wildman–Crippen MR) is 191 cm³/mol. The van der Waals surface area contributed by atoms with Crippen molar-refractivity contribution in [3.63, 3.8) is 0 Å². The average Bonchev–Trinajstić information content (AvgIpc) is 3.13. The molecule has 7 N–H and O–H groups in total. The van der Waals surface area contributed by atoms with Crippen LogP contribution in [0.5, 0.6) is 0 Å². The number of carbonyl (C=O) groups is 7. The van der Waals surface area contributed by atoms with Gasteiger partial charge in [0.15, 0.2) is 0 Å². The Kier molecular flexibility index (Phi) is 24.5. The number of carboxylic acids is 1. The molecule has 53 heavy (non-hydrogen) atoms. The van der Waals surface area contributed by atoms with Gasteiger partial charge in [-0.2, -0.15) is 0 Å². The first kappa shape index (κ1) is 46.4. The highest BCUT2D eigenvalue weighted by Gasteiger charge is 2.19. The SMILES string of the molecule is CC(=O)N(O)CCCCCNC(=O)CCC(=O)N(O)CCCCCNC(=O)CCC(=O)N(O)CCCCCNC(=O)CC(CC(=O)O)c1ccccc1. The van der Waals surface area contributed by atoms with E-state index in [0.717, 1.165) is 5.56 Å². The van der Waals surface area contributed by atoms with E-state index < -0.39 is 29.6 Å². The molecule has 1 aromatic carbocycles. The zero-order chi connectivity index (χ0) is 39.4. The van der Waals surface area contributed by atoms with Gasteiger partial charge in [0.2, 0.25) is 35.4 Å². The number of amides is 6. The van der Waals surface area contributed by atoms with E-state index in [0.29, 0.717) is 92.6 Å². The van der Waals surface area contributed by atoms with E-state index in [1.807, 2.05) is 6.07 Å². The number of hydrogen-bond donors (Lipinski definition) is 7. The predicted octanol–water partition coefficient (Wildman–Crippen LogP) is 2.73. The van der Waals surface area contributed by atoms with Gasteiger partial charge in [0.25, 0.3) is 0 Å². The number of hydroxylamine groups is 6. The van der Waals surface area contributed by atoms with Gasteiger partial charge < -0.3 is 21.1 Å². The lowest BCUT2D eigenvalue weighted by atomic mass is 9.92. The molecule has 1 atom stereocenters. The molecule has 298 valence electrons. The van der Waals surface area contributed by atoms with Crippen LogP contribution in [0.25, 0.3) is 0 Å². The van der Waals surface area contributed by atoms with Crippen molar-refractivity contribution in [1.29, 1.82) is 0 Å². The molecule has 0 fully saturated rings. The number of aliphatic carboxylic acids is 1. The number of carboxylic acid groups (broad SMARTS) is 1. The standard InChI is InChI=1S/C36H58N6O11/c1-28(43)40(51)23-11-3-8-20-37-31(44)16-18-34(47)41(52)24-12-4-9-21-38-32(45)17-19-35(48)42(53)25-13-5-10-22-39-33(46)26-30(27-36(49)50)29-14-6-2-7-15-29/h2,6-7,14-15,30,51-53H,3-5,8-13,16-27H2,1H3,(H,37,44)(H,38,45)(H,39,46)(H,49,50). The summed E-state index contributed by atoms with van der Waals surface area (Å²) in [6.07, 6.45) is 4.77. The quantitative estimate of drug-likeness (QED) is 0.0356. The molecule has 1 rings (SSSR count). The van der Waals surface area contributed by atoms with Gasteiger partial charge in [-0.15, -0.1) is 0 Å². The van der Waals surface area contributed by atoms with Crippen molar-refractivity contribution >= 4 is 41.4 Å². The Morgan fingerprint density at radius 2 is 0.962 bits per heavy atom. The Morgan fingerprint density at radius 1 is 0.547 bits per heavy atom. The average molecular weight is 751 g/mol. The number of unbranched alkanes of at least 4 members (excludes halogenated alkanes) is 6. The minimum absolute atomic E-state index is 0.0555. The van der Waals surface area contributed by atoms with E-state index in [9.17, 15) is 54.3 Å². The van der Waals surface area contributed by atoms with Crippen LogP contribution in [0.1, 0.15) is 115 Å². The lowest BCUT2D eigenvalue weighted by Gasteiger charge is -2.16. The lowest BCUT2D eigenvalue weighted by molar-refractivity contribution is -0.166. The molecule has 6 amide bonds. The summed E-state index contributed by atoms with van der Waals surface area (Å²) in [4.78, 5) is 82.8. The maximum atomic E-state index is 12.4. The summed E-state index contributed by atoms with van der Waals surface area (Å²) >= 11 is 0. The fourth-order valence-corrected chi connectivity index (χ4v) is 5.20. The van der Waals surface area contributed by atoms with Crippen LogP contribution in [-0.4, -0.2) is 117 Å². The summed E-state index contributed by atoms with van der Waals surface area (Å²) in [7, 11) is 0. The minimum atomic E-state index is -0.977. The Labute approximate surface area is 310 Å². The maximum Gasteiger partial charge on any atom is 0.303 e. The first-order chi connectivity index (χ1) is 25.3. The molecule has 1 unspecified atom stereocenters. The fourth-order valence-electron chi connectivity index (χ4n) is 5.20. The zero-order valence-corrected chi connectivity index (χ0v) is 30.8.